The molecule has 4 rings (SSSR count). The predicted molar refractivity (Wildman–Crippen MR) is 139 cm³/mol. The van der Waals surface area contributed by atoms with Crippen molar-refractivity contribution in [2.24, 2.45) is 4.99 Å². The normalized spacial score (nSPS) is 15.2. The highest BCUT2D eigenvalue weighted by Crippen LogP contribution is 2.37. The van der Waals surface area contributed by atoms with Crippen LogP contribution in [0.3, 0.4) is 0 Å². The molecule has 1 aliphatic rings. The Morgan fingerprint density at radius 1 is 1.08 bits per heavy atom. The summed E-state index contributed by atoms with van der Waals surface area (Å²) in [5, 5.41) is 11.9. The second kappa shape index (κ2) is 11.3. The molecule has 0 saturated carbocycles. The monoisotopic (exact) mass is 487 g/mol. The van der Waals surface area contributed by atoms with Crippen molar-refractivity contribution in [3.8, 4) is 0 Å². The second-order valence-corrected chi connectivity index (χ2v) is 9.15. The lowest BCUT2D eigenvalue weighted by molar-refractivity contribution is -0.137. The van der Waals surface area contributed by atoms with Gasteiger partial charge in [0.05, 0.1) is 11.4 Å². The summed E-state index contributed by atoms with van der Waals surface area (Å²) in [6, 6.07) is 19.7. The number of carbonyl (C=O) groups excluding carboxylic acids is 1. The maximum absolute atomic E-state index is 13.8. The summed E-state index contributed by atoms with van der Waals surface area (Å²) in [5.74, 6) is -2.29. The van der Waals surface area contributed by atoms with Gasteiger partial charge in [0.15, 0.2) is 0 Å². The number of aliphatic carboxylic acids is 1. The first-order chi connectivity index (χ1) is 17.3. The largest absolute Gasteiger partial charge is 0.481 e. The Kier molecular flexibility index (Phi) is 7.90. The molecule has 0 spiro atoms. The van der Waals surface area contributed by atoms with Crippen molar-refractivity contribution in [1.82, 2.24) is 4.90 Å². The molecule has 0 bridgehead atoms. The fourth-order valence-corrected chi connectivity index (χ4v) is 4.53. The Balaban J connectivity index is 1.73. The Bertz CT molecular complexity index is 1290. The van der Waals surface area contributed by atoms with Gasteiger partial charge in [-0.2, -0.15) is 0 Å². The first-order valence-electron chi connectivity index (χ1n) is 12.1. The first-order valence-corrected chi connectivity index (χ1v) is 12.1. The zero-order valence-corrected chi connectivity index (χ0v) is 20.5. The molecule has 1 unspecified atom stereocenters. The molecule has 7 heteroatoms. The van der Waals surface area contributed by atoms with Crippen LogP contribution in [0.2, 0.25) is 0 Å². The third-order valence-electron chi connectivity index (χ3n) is 6.21. The molecule has 2 N–H and O–H groups in total. The molecule has 0 aliphatic carbocycles. The standard InChI is InChI=1S/C29H30FN3O3/c1-3-15-33(2)18-20-7-11-23(12-8-20)31-28(21-6-4-5-19(16-21)9-14-26(34)35)27-24-13-10-22(30)17-25(24)32-29(27)36/h4-8,10-13,16-17,27H,3,9,14-15,18H2,1-2H3,(H,32,36)(H,34,35). The molecule has 3 aromatic carbocycles. The molecule has 1 heterocycles. The van der Waals surface area contributed by atoms with Crippen LogP contribution in [0.1, 0.15) is 47.9 Å². The van der Waals surface area contributed by atoms with Crippen LogP contribution in [0.25, 0.3) is 0 Å². The number of hydrogen-bond acceptors (Lipinski definition) is 4. The van der Waals surface area contributed by atoms with Crippen LogP contribution in [-0.2, 0) is 22.6 Å². The minimum absolute atomic E-state index is 0.00982. The molecule has 0 radical (unpaired) electrons. The van der Waals surface area contributed by atoms with Crippen molar-refractivity contribution in [2.75, 3.05) is 18.9 Å². The van der Waals surface area contributed by atoms with Crippen LogP contribution >= 0.6 is 0 Å². The topological polar surface area (TPSA) is 82.0 Å². The van der Waals surface area contributed by atoms with E-state index < -0.39 is 17.7 Å². The number of anilines is 1. The smallest absolute Gasteiger partial charge is 0.303 e. The van der Waals surface area contributed by atoms with Gasteiger partial charge in [-0.05, 0) is 79.0 Å². The Labute approximate surface area is 210 Å². The van der Waals surface area contributed by atoms with Crippen molar-refractivity contribution < 1.29 is 19.1 Å². The zero-order valence-electron chi connectivity index (χ0n) is 20.5. The minimum Gasteiger partial charge on any atom is -0.481 e. The van der Waals surface area contributed by atoms with E-state index in [1.54, 1.807) is 6.07 Å². The van der Waals surface area contributed by atoms with Crippen LogP contribution in [0, 0.1) is 5.82 Å². The van der Waals surface area contributed by atoms with Crippen LogP contribution in [-0.4, -0.2) is 41.2 Å². The van der Waals surface area contributed by atoms with Crippen LogP contribution < -0.4 is 5.32 Å². The van der Waals surface area contributed by atoms with Gasteiger partial charge in [0, 0.05) is 18.7 Å². The van der Waals surface area contributed by atoms with Crippen LogP contribution in [0.5, 0.6) is 0 Å². The number of halogens is 1. The lowest BCUT2D eigenvalue weighted by Gasteiger charge is -2.16. The van der Waals surface area contributed by atoms with E-state index in [1.807, 2.05) is 48.5 Å². The van der Waals surface area contributed by atoms with Gasteiger partial charge in [-0.3, -0.25) is 14.6 Å². The summed E-state index contributed by atoms with van der Waals surface area (Å²) in [7, 11) is 2.09. The highest BCUT2D eigenvalue weighted by atomic mass is 19.1. The average Bonchev–Trinajstić information content (AvgIpc) is 3.17. The maximum atomic E-state index is 13.8. The Hall–Kier alpha value is -3.84. The van der Waals surface area contributed by atoms with Gasteiger partial charge in [-0.25, -0.2) is 4.39 Å². The molecule has 0 aromatic heterocycles. The highest BCUT2D eigenvalue weighted by Gasteiger charge is 2.35. The third kappa shape index (κ3) is 6.04. The second-order valence-electron chi connectivity index (χ2n) is 9.15. The number of aryl methyl sites for hydroxylation is 1. The van der Waals surface area contributed by atoms with Gasteiger partial charge in [0.25, 0.3) is 0 Å². The van der Waals surface area contributed by atoms with E-state index in [4.69, 9.17) is 10.1 Å². The number of carbonyl (C=O) groups is 2. The summed E-state index contributed by atoms with van der Waals surface area (Å²) >= 11 is 0. The number of rotatable bonds is 10. The SMILES string of the molecule is CCCN(C)Cc1ccc(N=C(c2cccc(CCC(=O)O)c2)C2C(=O)Nc3cc(F)ccc32)cc1. The number of carboxylic acids is 1. The molecule has 1 atom stereocenters. The predicted octanol–water partition coefficient (Wildman–Crippen LogP) is 5.54. The van der Waals surface area contributed by atoms with Gasteiger partial charge >= 0.3 is 5.97 Å². The number of hydrogen-bond donors (Lipinski definition) is 2. The summed E-state index contributed by atoms with van der Waals surface area (Å²) in [6.07, 6.45) is 1.47. The van der Waals surface area contributed by atoms with Crippen molar-refractivity contribution >= 4 is 29.0 Å². The number of aliphatic imine (C=N–C) groups is 1. The van der Waals surface area contributed by atoms with Crippen molar-refractivity contribution in [3.63, 3.8) is 0 Å². The molecule has 3 aromatic rings. The number of benzene rings is 3. The number of carboxylic acid groups (broad SMARTS) is 1. The van der Waals surface area contributed by atoms with Gasteiger partial charge in [-0.15, -0.1) is 0 Å². The summed E-state index contributed by atoms with van der Waals surface area (Å²) in [5.41, 5.74) is 5.07. The quantitative estimate of drug-likeness (QED) is 0.368. The first kappa shape index (κ1) is 25.3. The molecule has 6 nitrogen and oxygen atoms in total. The molecule has 1 aliphatic heterocycles. The maximum Gasteiger partial charge on any atom is 0.303 e. The minimum atomic E-state index is -0.870. The summed E-state index contributed by atoms with van der Waals surface area (Å²) < 4.78 is 13.8. The fourth-order valence-electron chi connectivity index (χ4n) is 4.53. The van der Waals surface area contributed by atoms with E-state index in [2.05, 4.69) is 24.2 Å². The van der Waals surface area contributed by atoms with E-state index in [0.29, 0.717) is 29.1 Å². The molecule has 0 fully saturated rings. The van der Waals surface area contributed by atoms with E-state index in [1.165, 1.54) is 17.7 Å². The number of amides is 1. The molecular weight excluding hydrogens is 457 g/mol. The fraction of sp³-hybridized carbons (Fsp3) is 0.276. The Morgan fingerprint density at radius 3 is 2.58 bits per heavy atom. The van der Waals surface area contributed by atoms with Crippen molar-refractivity contribution in [2.45, 2.75) is 38.6 Å². The lowest BCUT2D eigenvalue weighted by Crippen LogP contribution is -2.22. The van der Waals surface area contributed by atoms with Gasteiger partial charge in [0.1, 0.15) is 11.7 Å². The number of fused-ring (bicyclic) bond motifs is 1. The Morgan fingerprint density at radius 2 is 1.86 bits per heavy atom. The summed E-state index contributed by atoms with van der Waals surface area (Å²) in [4.78, 5) is 31.3. The lowest BCUT2D eigenvalue weighted by atomic mass is 9.89. The van der Waals surface area contributed by atoms with Gasteiger partial charge < -0.3 is 15.3 Å². The van der Waals surface area contributed by atoms with Crippen LogP contribution in [0.4, 0.5) is 15.8 Å². The van der Waals surface area contributed by atoms with E-state index >= 15 is 0 Å². The number of nitrogens with one attached hydrogen (secondary N) is 1. The van der Waals surface area contributed by atoms with Gasteiger partial charge in [0.2, 0.25) is 5.91 Å². The molecule has 36 heavy (non-hydrogen) atoms. The zero-order chi connectivity index (χ0) is 25.7. The molecule has 186 valence electrons. The number of nitrogens with zero attached hydrogens (tertiary/aromatic N) is 2. The van der Waals surface area contributed by atoms with Gasteiger partial charge in [-0.1, -0.05) is 43.3 Å². The van der Waals surface area contributed by atoms with Crippen molar-refractivity contribution in [3.05, 3.63) is 94.8 Å². The van der Waals surface area contributed by atoms with Crippen LogP contribution in [0.15, 0.2) is 71.7 Å². The van der Waals surface area contributed by atoms with E-state index in [0.717, 1.165) is 30.6 Å². The molecular formula is C29H30FN3O3. The van der Waals surface area contributed by atoms with Crippen molar-refractivity contribution in [1.29, 1.82) is 0 Å². The highest BCUT2D eigenvalue weighted by molar-refractivity contribution is 6.24. The average molecular weight is 488 g/mol. The molecule has 1 amide bonds. The van der Waals surface area contributed by atoms with E-state index in [-0.39, 0.29) is 12.3 Å². The summed E-state index contributed by atoms with van der Waals surface area (Å²) in [6.45, 7) is 4.00. The third-order valence-corrected chi connectivity index (χ3v) is 6.21. The van der Waals surface area contributed by atoms with E-state index in [9.17, 15) is 14.0 Å². The molecule has 0 saturated heterocycles.